The third kappa shape index (κ3) is 4.64. The number of nitrogens with one attached hydrogen (secondary N) is 2. The van der Waals surface area contributed by atoms with E-state index in [0.29, 0.717) is 36.4 Å². The number of amides is 2. The fourth-order valence-electron chi connectivity index (χ4n) is 4.93. The van der Waals surface area contributed by atoms with Crippen molar-refractivity contribution in [3.63, 3.8) is 0 Å². The number of rotatable bonds is 4. The zero-order valence-electron chi connectivity index (χ0n) is 18.9. The highest BCUT2D eigenvalue weighted by atomic mass is 32.2. The minimum Gasteiger partial charge on any atom is -0.479 e. The molecule has 0 spiro atoms. The molecule has 176 valence electrons. The highest BCUT2D eigenvalue weighted by molar-refractivity contribution is 7.89. The van der Waals surface area contributed by atoms with Crippen LogP contribution in [-0.4, -0.2) is 49.3 Å². The van der Waals surface area contributed by atoms with Crippen molar-refractivity contribution >= 4 is 27.5 Å². The van der Waals surface area contributed by atoms with Gasteiger partial charge in [0.2, 0.25) is 15.9 Å². The van der Waals surface area contributed by atoms with Crippen molar-refractivity contribution in [1.29, 1.82) is 0 Å². The first-order valence-electron chi connectivity index (χ1n) is 11.7. The lowest BCUT2D eigenvalue weighted by atomic mass is 9.96. The molecule has 0 aromatic heterocycles. The van der Waals surface area contributed by atoms with Crippen LogP contribution in [0, 0.1) is 6.92 Å². The molecule has 2 heterocycles. The van der Waals surface area contributed by atoms with Crippen molar-refractivity contribution in [2.75, 3.05) is 11.9 Å². The lowest BCUT2D eigenvalue weighted by Gasteiger charge is -2.28. The van der Waals surface area contributed by atoms with Gasteiger partial charge < -0.3 is 15.4 Å². The van der Waals surface area contributed by atoms with Gasteiger partial charge in [0.15, 0.2) is 6.10 Å². The number of nitrogens with zero attached hydrogens (tertiary/aromatic N) is 1. The molecule has 8 nitrogen and oxygen atoms in total. The molecule has 4 rings (SSSR count). The average Bonchev–Trinajstić information content (AvgIpc) is 3.22. The summed E-state index contributed by atoms with van der Waals surface area (Å²) in [6.45, 7) is 3.62. The molecule has 1 aromatic carbocycles. The molecule has 32 heavy (non-hydrogen) atoms. The molecule has 0 bridgehead atoms. The summed E-state index contributed by atoms with van der Waals surface area (Å²) in [6.07, 6.45) is 8.20. The number of ether oxygens (including phenoxy) is 1. The fraction of sp³-hybridized carbons (Fsp3) is 0.652. The minimum absolute atomic E-state index is 0.116. The van der Waals surface area contributed by atoms with E-state index in [9.17, 15) is 18.0 Å². The number of hydrogen-bond donors (Lipinski definition) is 2. The molecule has 2 fully saturated rings. The molecule has 2 atom stereocenters. The van der Waals surface area contributed by atoms with Crippen LogP contribution in [-0.2, 0) is 19.6 Å². The second-order valence-corrected chi connectivity index (χ2v) is 11.0. The Morgan fingerprint density at radius 2 is 1.78 bits per heavy atom. The average molecular weight is 464 g/mol. The number of hydrogen-bond acceptors (Lipinski definition) is 5. The van der Waals surface area contributed by atoms with Crippen LogP contribution in [0.1, 0.15) is 70.3 Å². The zero-order chi connectivity index (χ0) is 22.9. The molecule has 0 radical (unpaired) electrons. The number of aryl methyl sites for hydroxylation is 1. The van der Waals surface area contributed by atoms with E-state index in [1.54, 1.807) is 19.9 Å². The third-order valence-corrected chi connectivity index (χ3v) is 8.80. The van der Waals surface area contributed by atoms with Gasteiger partial charge in [-0.2, -0.15) is 4.31 Å². The van der Waals surface area contributed by atoms with E-state index in [-0.39, 0.29) is 22.8 Å². The summed E-state index contributed by atoms with van der Waals surface area (Å²) in [5, 5.41) is 5.88. The van der Waals surface area contributed by atoms with E-state index in [2.05, 4.69) is 10.6 Å². The van der Waals surface area contributed by atoms with E-state index in [0.717, 1.165) is 25.7 Å². The highest BCUT2D eigenvalue weighted by Gasteiger charge is 2.41. The monoisotopic (exact) mass is 463 g/mol. The number of carbonyl (C=O) groups is 2. The fourth-order valence-corrected chi connectivity index (χ4v) is 6.81. The number of anilines is 1. The molecule has 1 aromatic rings. The van der Waals surface area contributed by atoms with E-state index in [4.69, 9.17) is 4.74 Å². The standard InChI is InChI=1S/C23H33N3O5S/c1-15-13-18-20(31-16(2)22(27)25-18)14-21(15)32(29,30)26-12-8-11-19(26)23(28)24-17-9-6-4-3-5-7-10-17/h13-14,16-17,19H,3-12H2,1-2H3,(H,24,28)(H,25,27)/t16-,19-/m1/s1. The molecule has 1 aliphatic carbocycles. The van der Waals surface area contributed by atoms with Crippen molar-refractivity contribution in [3.05, 3.63) is 17.7 Å². The first-order valence-corrected chi connectivity index (χ1v) is 13.2. The maximum Gasteiger partial charge on any atom is 0.265 e. The lowest BCUT2D eigenvalue weighted by molar-refractivity contribution is -0.125. The SMILES string of the molecule is Cc1cc2c(cc1S(=O)(=O)N1CCC[C@@H]1C(=O)NC1CCCCCCC1)O[C@H](C)C(=O)N2. The molecular weight excluding hydrogens is 430 g/mol. The number of sulfonamides is 1. The Morgan fingerprint density at radius 1 is 1.09 bits per heavy atom. The molecule has 2 N–H and O–H groups in total. The highest BCUT2D eigenvalue weighted by Crippen LogP contribution is 2.37. The molecular formula is C23H33N3O5S. The number of benzene rings is 1. The Morgan fingerprint density at radius 3 is 2.50 bits per heavy atom. The van der Waals surface area contributed by atoms with Crippen LogP contribution in [0.25, 0.3) is 0 Å². The molecule has 2 amide bonds. The summed E-state index contributed by atoms with van der Waals surface area (Å²) < 4.78 is 34.2. The predicted octanol–water partition coefficient (Wildman–Crippen LogP) is 3.10. The summed E-state index contributed by atoms with van der Waals surface area (Å²) in [4.78, 5) is 25.1. The van der Waals surface area contributed by atoms with Crippen molar-refractivity contribution < 1.29 is 22.7 Å². The van der Waals surface area contributed by atoms with Gasteiger partial charge in [-0.1, -0.05) is 32.1 Å². The van der Waals surface area contributed by atoms with E-state index >= 15 is 0 Å². The van der Waals surface area contributed by atoms with Crippen molar-refractivity contribution in [2.24, 2.45) is 0 Å². The van der Waals surface area contributed by atoms with Crippen molar-refractivity contribution in [3.8, 4) is 5.75 Å². The van der Waals surface area contributed by atoms with Gasteiger partial charge in [0.05, 0.1) is 10.6 Å². The topological polar surface area (TPSA) is 105 Å². The second kappa shape index (κ2) is 9.39. The maximum absolute atomic E-state index is 13.6. The van der Waals surface area contributed by atoms with Crippen LogP contribution in [0.3, 0.4) is 0 Å². The summed E-state index contributed by atoms with van der Waals surface area (Å²) in [7, 11) is -3.90. The number of fused-ring (bicyclic) bond motifs is 1. The normalized spacial score (nSPS) is 25.2. The van der Waals surface area contributed by atoms with Gasteiger partial charge in [-0.15, -0.1) is 0 Å². The lowest BCUT2D eigenvalue weighted by Crippen LogP contribution is -2.49. The van der Waals surface area contributed by atoms with Gasteiger partial charge in [0.1, 0.15) is 11.8 Å². The zero-order valence-corrected chi connectivity index (χ0v) is 19.7. The van der Waals surface area contributed by atoms with Crippen LogP contribution in [0.15, 0.2) is 17.0 Å². The van der Waals surface area contributed by atoms with Crippen LogP contribution in [0.2, 0.25) is 0 Å². The Kier molecular flexibility index (Phi) is 6.76. The van der Waals surface area contributed by atoms with E-state index in [1.165, 1.54) is 29.6 Å². The number of carbonyl (C=O) groups excluding carboxylic acids is 2. The summed E-state index contributed by atoms with van der Waals surface area (Å²) in [5.41, 5.74) is 0.970. The predicted molar refractivity (Wildman–Crippen MR) is 121 cm³/mol. The van der Waals surface area contributed by atoms with Gasteiger partial charge in [-0.25, -0.2) is 8.42 Å². The van der Waals surface area contributed by atoms with Gasteiger partial charge in [-0.3, -0.25) is 9.59 Å². The summed E-state index contributed by atoms with van der Waals surface area (Å²) in [5.74, 6) is -0.126. The summed E-state index contributed by atoms with van der Waals surface area (Å²) >= 11 is 0. The van der Waals surface area contributed by atoms with Gasteiger partial charge in [0.25, 0.3) is 5.91 Å². The molecule has 3 aliphatic rings. The van der Waals surface area contributed by atoms with Crippen LogP contribution < -0.4 is 15.4 Å². The van der Waals surface area contributed by atoms with Gasteiger partial charge in [0, 0.05) is 18.7 Å². The molecule has 0 unspecified atom stereocenters. The van der Waals surface area contributed by atoms with Crippen LogP contribution >= 0.6 is 0 Å². The van der Waals surface area contributed by atoms with E-state index in [1.807, 2.05) is 0 Å². The smallest absolute Gasteiger partial charge is 0.265 e. The Labute approximate surface area is 190 Å². The maximum atomic E-state index is 13.6. The van der Waals surface area contributed by atoms with Crippen LogP contribution in [0.5, 0.6) is 5.75 Å². The largest absolute Gasteiger partial charge is 0.479 e. The van der Waals surface area contributed by atoms with Gasteiger partial charge in [-0.05, 0) is 51.2 Å². The van der Waals surface area contributed by atoms with Crippen molar-refractivity contribution in [2.45, 2.75) is 94.7 Å². The first-order chi connectivity index (χ1) is 15.3. The van der Waals surface area contributed by atoms with Crippen molar-refractivity contribution in [1.82, 2.24) is 9.62 Å². The van der Waals surface area contributed by atoms with Crippen LogP contribution in [0.4, 0.5) is 5.69 Å². The Balaban J connectivity index is 1.54. The molecule has 1 saturated heterocycles. The first kappa shape index (κ1) is 23.0. The second-order valence-electron chi connectivity index (χ2n) is 9.19. The molecule has 9 heteroatoms. The third-order valence-electron chi connectivity index (χ3n) is 6.75. The molecule has 1 saturated carbocycles. The quantitative estimate of drug-likeness (QED) is 0.714. The van der Waals surface area contributed by atoms with Gasteiger partial charge >= 0.3 is 0 Å². The summed E-state index contributed by atoms with van der Waals surface area (Å²) in [6, 6.07) is 2.52. The molecule has 2 aliphatic heterocycles. The Bertz CT molecular complexity index is 986. The minimum atomic E-state index is -3.90. The van der Waals surface area contributed by atoms with E-state index < -0.39 is 22.2 Å². The Hall–Kier alpha value is -2.13.